The van der Waals surface area contributed by atoms with E-state index < -0.39 is 0 Å². The van der Waals surface area contributed by atoms with Crippen LogP contribution in [0.5, 0.6) is 0 Å². The molecule has 0 aliphatic carbocycles. The van der Waals surface area contributed by atoms with Crippen LogP contribution in [-0.4, -0.2) is 30.5 Å². The molecule has 0 unspecified atom stereocenters. The van der Waals surface area contributed by atoms with E-state index in [-0.39, 0.29) is 5.91 Å². The second kappa shape index (κ2) is 9.44. The summed E-state index contributed by atoms with van der Waals surface area (Å²) in [5, 5.41) is 6.48. The molecule has 5 heteroatoms. The van der Waals surface area contributed by atoms with Gasteiger partial charge in [0, 0.05) is 55.5 Å². The maximum Gasteiger partial charge on any atom is 0.251 e. The molecular weight excluding hydrogens is 372 g/mol. The predicted octanol–water partition coefficient (Wildman–Crippen LogP) is 4.26. The first-order chi connectivity index (χ1) is 14.7. The number of amides is 1. The van der Waals surface area contributed by atoms with Crippen LogP contribution in [0.2, 0.25) is 0 Å². The summed E-state index contributed by atoms with van der Waals surface area (Å²) in [6.07, 6.45) is 4.68. The van der Waals surface area contributed by atoms with E-state index in [0.717, 1.165) is 31.7 Å². The number of nitrogens with zero attached hydrogens (tertiary/aromatic N) is 2. The van der Waals surface area contributed by atoms with Crippen LogP contribution in [0, 0.1) is 12.8 Å². The zero-order valence-corrected chi connectivity index (χ0v) is 17.3. The number of aromatic nitrogens is 1. The summed E-state index contributed by atoms with van der Waals surface area (Å²) >= 11 is 0. The van der Waals surface area contributed by atoms with E-state index in [1.807, 2.05) is 36.4 Å². The first kappa shape index (κ1) is 20.0. The van der Waals surface area contributed by atoms with E-state index in [0.29, 0.717) is 18.0 Å². The van der Waals surface area contributed by atoms with Crippen molar-refractivity contribution in [1.29, 1.82) is 0 Å². The second-order valence-corrected chi connectivity index (χ2v) is 7.88. The summed E-state index contributed by atoms with van der Waals surface area (Å²) in [5.41, 5.74) is 5.47. The molecule has 0 saturated carbocycles. The van der Waals surface area contributed by atoms with E-state index in [1.165, 1.54) is 16.8 Å². The Balaban J connectivity index is 1.25. The van der Waals surface area contributed by atoms with Crippen molar-refractivity contribution in [1.82, 2.24) is 10.3 Å². The van der Waals surface area contributed by atoms with Gasteiger partial charge >= 0.3 is 0 Å². The van der Waals surface area contributed by atoms with Crippen LogP contribution in [0.1, 0.15) is 27.9 Å². The molecule has 0 radical (unpaired) electrons. The number of pyridine rings is 1. The van der Waals surface area contributed by atoms with Gasteiger partial charge in [-0.15, -0.1) is 0 Å². The summed E-state index contributed by atoms with van der Waals surface area (Å²) in [5.74, 6) is 0.472. The third-order valence-electron chi connectivity index (χ3n) is 5.69. The van der Waals surface area contributed by atoms with Crippen LogP contribution in [0.3, 0.4) is 0 Å². The maximum atomic E-state index is 12.5. The molecule has 3 aromatic rings. The van der Waals surface area contributed by atoms with E-state index in [4.69, 9.17) is 0 Å². The number of rotatable bonds is 7. The summed E-state index contributed by atoms with van der Waals surface area (Å²) in [4.78, 5) is 19.0. The van der Waals surface area contributed by atoms with Gasteiger partial charge < -0.3 is 15.5 Å². The van der Waals surface area contributed by atoms with Crippen molar-refractivity contribution in [3.05, 3.63) is 89.7 Å². The monoisotopic (exact) mass is 400 g/mol. The first-order valence-electron chi connectivity index (χ1n) is 10.5. The molecule has 1 fully saturated rings. The molecule has 4 rings (SSSR count). The number of hydrogen-bond acceptors (Lipinski definition) is 4. The van der Waals surface area contributed by atoms with Crippen molar-refractivity contribution in [2.75, 3.05) is 29.9 Å². The number of nitrogens with one attached hydrogen (secondary N) is 2. The van der Waals surface area contributed by atoms with Crippen molar-refractivity contribution >= 4 is 17.3 Å². The van der Waals surface area contributed by atoms with Gasteiger partial charge in [0.05, 0.1) is 0 Å². The highest BCUT2D eigenvalue weighted by Crippen LogP contribution is 2.26. The molecule has 30 heavy (non-hydrogen) atoms. The van der Waals surface area contributed by atoms with Gasteiger partial charge in [0.2, 0.25) is 0 Å². The van der Waals surface area contributed by atoms with Gasteiger partial charge in [0.25, 0.3) is 5.91 Å². The van der Waals surface area contributed by atoms with Gasteiger partial charge in [-0.3, -0.25) is 9.78 Å². The lowest BCUT2D eigenvalue weighted by atomic mass is 10.1. The van der Waals surface area contributed by atoms with Gasteiger partial charge in [0.1, 0.15) is 0 Å². The average molecular weight is 401 g/mol. The fourth-order valence-corrected chi connectivity index (χ4v) is 3.92. The lowest BCUT2D eigenvalue weighted by Gasteiger charge is -2.21. The fourth-order valence-electron chi connectivity index (χ4n) is 3.92. The predicted molar refractivity (Wildman–Crippen MR) is 122 cm³/mol. The zero-order chi connectivity index (χ0) is 20.8. The maximum absolute atomic E-state index is 12.5. The molecule has 2 N–H and O–H groups in total. The summed E-state index contributed by atoms with van der Waals surface area (Å²) in [6, 6.07) is 20.1. The second-order valence-electron chi connectivity index (χ2n) is 7.88. The lowest BCUT2D eigenvalue weighted by Crippen LogP contribution is -2.31. The summed E-state index contributed by atoms with van der Waals surface area (Å²) in [6.45, 7) is 5.63. The van der Waals surface area contributed by atoms with E-state index in [1.54, 1.807) is 12.4 Å². The topological polar surface area (TPSA) is 57.3 Å². The third-order valence-corrected chi connectivity index (χ3v) is 5.69. The molecule has 1 aliphatic heterocycles. The highest BCUT2D eigenvalue weighted by atomic mass is 16.1. The van der Waals surface area contributed by atoms with E-state index in [2.05, 4.69) is 51.7 Å². The first-order valence-corrected chi connectivity index (χ1v) is 10.5. The van der Waals surface area contributed by atoms with Crippen LogP contribution in [0.25, 0.3) is 0 Å². The number of anilines is 2. The van der Waals surface area contributed by atoms with Crippen molar-refractivity contribution in [2.45, 2.75) is 19.9 Å². The average Bonchev–Trinajstić information content (AvgIpc) is 3.26. The molecule has 154 valence electrons. The largest absolute Gasteiger partial charge is 0.381 e. The standard InChI is InChI=1S/C25H28N4O/c1-19-4-2-3-5-24(19)29-15-12-21(18-29)17-28-25(30)22-6-8-23(9-7-22)27-16-20-10-13-26-14-11-20/h2-11,13-14,21,27H,12,15-18H2,1H3,(H,28,30)/t21-/m0/s1. The number of carbonyl (C=O) groups is 1. The van der Waals surface area contributed by atoms with Gasteiger partial charge in [-0.25, -0.2) is 0 Å². The van der Waals surface area contributed by atoms with Crippen LogP contribution in [-0.2, 0) is 6.54 Å². The van der Waals surface area contributed by atoms with Crippen LogP contribution in [0.4, 0.5) is 11.4 Å². The number of carbonyl (C=O) groups excluding carboxylic acids is 1. The van der Waals surface area contributed by atoms with E-state index >= 15 is 0 Å². The molecule has 1 aromatic heterocycles. The molecule has 2 aromatic carbocycles. The van der Waals surface area contributed by atoms with Gasteiger partial charge in [-0.2, -0.15) is 0 Å². The zero-order valence-electron chi connectivity index (χ0n) is 17.3. The Labute approximate surface area is 178 Å². The molecular formula is C25H28N4O. The third kappa shape index (κ3) is 4.98. The van der Waals surface area contributed by atoms with Crippen LogP contribution < -0.4 is 15.5 Å². The quantitative estimate of drug-likeness (QED) is 0.622. The van der Waals surface area contributed by atoms with Crippen LogP contribution in [0.15, 0.2) is 73.1 Å². The van der Waals surface area contributed by atoms with Crippen LogP contribution >= 0.6 is 0 Å². The number of benzene rings is 2. The number of hydrogen-bond donors (Lipinski definition) is 2. The Morgan fingerprint density at radius 2 is 1.83 bits per heavy atom. The van der Waals surface area contributed by atoms with Crippen molar-refractivity contribution in [3.8, 4) is 0 Å². The Bertz CT molecular complexity index is 972. The minimum atomic E-state index is -0.00924. The molecule has 2 heterocycles. The Hall–Kier alpha value is -3.34. The van der Waals surface area contributed by atoms with Gasteiger partial charge in [0.15, 0.2) is 0 Å². The fraction of sp³-hybridized carbons (Fsp3) is 0.280. The molecule has 5 nitrogen and oxygen atoms in total. The number of para-hydroxylation sites is 1. The normalized spacial score (nSPS) is 15.8. The molecule has 1 atom stereocenters. The molecule has 0 bridgehead atoms. The lowest BCUT2D eigenvalue weighted by molar-refractivity contribution is 0.0948. The SMILES string of the molecule is Cc1ccccc1N1CC[C@@H](CNC(=O)c2ccc(NCc3ccncc3)cc2)C1. The highest BCUT2D eigenvalue weighted by Gasteiger charge is 2.24. The molecule has 1 amide bonds. The molecule has 1 saturated heterocycles. The van der Waals surface area contributed by atoms with E-state index in [9.17, 15) is 4.79 Å². The van der Waals surface area contributed by atoms with Crippen molar-refractivity contribution in [2.24, 2.45) is 5.92 Å². The Morgan fingerprint density at radius 3 is 2.60 bits per heavy atom. The molecule has 0 spiro atoms. The Morgan fingerprint density at radius 1 is 1.07 bits per heavy atom. The molecule has 1 aliphatic rings. The van der Waals surface area contributed by atoms with Gasteiger partial charge in [-0.1, -0.05) is 18.2 Å². The smallest absolute Gasteiger partial charge is 0.251 e. The minimum absolute atomic E-state index is 0.00924. The number of aryl methyl sites for hydroxylation is 1. The minimum Gasteiger partial charge on any atom is -0.381 e. The van der Waals surface area contributed by atoms with Gasteiger partial charge in [-0.05, 0) is 72.9 Å². The summed E-state index contributed by atoms with van der Waals surface area (Å²) < 4.78 is 0. The van der Waals surface area contributed by atoms with Crippen molar-refractivity contribution in [3.63, 3.8) is 0 Å². The van der Waals surface area contributed by atoms with Crippen molar-refractivity contribution < 1.29 is 4.79 Å². The summed E-state index contributed by atoms with van der Waals surface area (Å²) in [7, 11) is 0. The highest BCUT2D eigenvalue weighted by molar-refractivity contribution is 5.94. The Kier molecular flexibility index (Phi) is 6.28.